The van der Waals surface area contributed by atoms with Gasteiger partial charge in [-0.25, -0.2) is 0 Å². The number of aliphatic hydroxyl groups excluding tert-OH is 1. The Balaban J connectivity index is 2.45. The highest BCUT2D eigenvalue weighted by Crippen LogP contribution is 2.22. The summed E-state index contributed by atoms with van der Waals surface area (Å²) >= 11 is 6.03. The molecule has 0 aliphatic carbocycles. The van der Waals surface area contributed by atoms with Crippen LogP contribution in [0.25, 0.3) is 0 Å². The van der Waals surface area contributed by atoms with Crippen LogP contribution in [0.2, 0.25) is 5.02 Å². The first-order valence-corrected chi connectivity index (χ1v) is 6.54. The van der Waals surface area contributed by atoms with E-state index in [-0.39, 0.29) is 0 Å². The predicted molar refractivity (Wildman–Crippen MR) is 73.3 cm³/mol. The first-order valence-electron chi connectivity index (χ1n) is 6.16. The Labute approximate surface area is 109 Å². The van der Waals surface area contributed by atoms with Crippen LogP contribution in [0.15, 0.2) is 24.3 Å². The SMILES string of the molecule is CC(C)CC(C)NCC(O)c1ccccc1Cl. The monoisotopic (exact) mass is 255 g/mol. The molecule has 0 saturated carbocycles. The van der Waals surface area contributed by atoms with Crippen LogP contribution in [0.5, 0.6) is 0 Å². The summed E-state index contributed by atoms with van der Waals surface area (Å²) in [6, 6.07) is 7.83. The van der Waals surface area contributed by atoms with Gasteiger partial charge < -0.3 is 10.4 Å². The lowest BCUT2D eigenvalue weighted by Gasteiger charge is -2.19. The van der Waals surface area contributed by atoms with E-state index in [1.165, 1.54) is 0 Å². The molecule has 0 saturated heterocycles. The van der Waals surface area contributed by atoms with Gasteiger partial charge in [-0.05, 0) is 25.3 Å². The number of hydrogen-bond donors (Lipinski definition) is 2. The van der Waals surface area contributed by atoms with Gasteiger partial charge in [-0.1, -0.05) is 43.6 Å². The zero-order valence-corrected chi connectivity index (χ0v) is 11.5. The molecule has 0 spiro atoms. The number of hydrogen-bond acceptors (Lipinski definition) is 2. The molecule has 0 bridgehead atoms. The number of nitrogens with one attached hydrogen (secondary N) is 1. The van der Waals surface area contributed by atoms with Gasteiger partial charge in [-0.15, -0.1) is 0 Å². The highest BCUT2D eigenvalue weighted by molar-refractivity contribution is 6.31. The van der Waals surface area contributed by atoms with Gasteiger partial charge in [0.05, 0.1) is 6.10 Å². The maximum atomic E-state index is 10.0. The molecule has 2 nitrogen and oxygen atoms in total. The molecule has 0 amide bonds. The minimum atomic E-state index is -0.543. The number of halogens is 1. The van der Waals surface area contributed by atoms with Crippen molar-refractivity contribution in [1.29, 1.82) is 0 Å². The zero-order valence-electron chi connectivity index (χ0n) is 10.8. The summed E-state index contributed by atoms with van der Waals surface area (Å²) in [6.45, 7) is 7.07. The molecule has 0 radical (unpaired) electrons. The summed E-state index contributed by atoms with van der Waals surface area (Å²) in [6.07, 6.45) is 0.563. The van der Waals surface area contributed by atoms with E-state index in [1.807, 2.05) is 18.2 Å². The zero-order chi connectivity index (χ0) is 12.8. The quantitative estimate of drug-likeness (QED) is 0.817. The average Bonchev–Trinajstić information content (AvgIpc) is 2.25. The van der Waals surface area contributed by atoms with E-state index in [4.69, 9.17) is 11.6 Å². The van der Waals surface area contributed by atoms with Crippen LogP contribution in [0.1, 0.15) is 38.9 Å². The summed E-state index contributed by atoms with van der Waals surface area (Å²) in [5.74, 6) is 0.662. The van der Waals surface area contributed by atoms with Crippen LogP contribution in [0.4, 0.5) is 0 Å². The van der Waals surface area contributed by atoms with E-state index in [1.54, 1.807) is 6.07 Å². The molecule has 0 aromatic heterocycles. The molecular formula is C14H22ClNO. The lowest BCUT2D eigenvalue weighted by Crippen LogP contribution is -2.31. The van der Waals surface area contributed by atoms with Crippen molar-refractivity contribution in [3.8, 4) is 0 Å². The Hall–Kier alpha value is -0.570. The minimum absolute atomic E-state index is 0.409. The molecule has 2 atom stereocenters. The Kier molecular flexibility index (Phi) is 5.96. The van der Waals surface area contributed by atoms with Crippen molar-refractivity contribution in [2.75, 3.05) is 6.54 Å². The third kappa shape index (κ3) is 5.07. The molecule has 1 aromatic carbocycles. The average molecular weight is 256 g/mol. The first-order chi connectivity index (χ1) is 8.00. The Bertz CT molecular complexity index is 341. The third-order valence-corrected chi connectivity index (χ3v) is 3.09. The maximum Gasteiger partial charge on any atom is 0.0928 e. The number of aliphatic hydroxyl groups is 1. The van der Waals surface area contributed by atoms with Gasteiger partial charge in [0.2, 0.25) is 0 Å². The van der Waals surface area contributed by atoms with E-state index in [9.17, 15) is 5.11 Å². The highest BCUT2D eigenvalue weighted by atomic mass is 35.5. The molecule has 3 heteroatoms. The molecule has 1 rings (SSSR count). The standard InChI is InChI=1S/C14H22ClNO/c1-10(2)8-11(3)16-9-14(17)12-6-4-5-7-13(12)15/h4-7,10-11,14,16-17H,8-9H2,1-3H3. The van der Waals surface area contributed by atoms with Crippen LogP contribution in [-0.2, 0) is 0 Å². The fraction of sp³-hybridized carbons (Fsp3) is 0.571. The fourth-order valence-electron chi connectivity index (χ4n) is 1.96. The Morgan fingerprint density at radius 3 is 2.47 bits per heavy atom. The summed E-state index contributed by atoms with van der Waals surface area (Å²) < 4.78 is 0. The molecule has 0 fully saturated rings. The summed E-state index contributed by atoms with van der Waals surface area (Å²) in [4.78, 5) is 0. The van der Waals surface area contributed by atoms with E-state index in [0.717, 1.165) is 12.0 Å². The normalized spacial score (nSPS) is 14.9. The Morgan fingerprint density at radius 1 is 1.24 bits per heavy atom. The molecule has 96 valence electrons. The van der Waals surface area contributed by atoms with Gasteiger partial charge in [0.1, 0.15) is 0 Å². The molecule has 2 unspecified atom stereocenters. The molecular weight excluding hydrogens is 234 g/mol. The topological polar surface area (TPSA) is 32.3 Å². The van der Waals surface area contributed by atoms with Crippen LogP contribution in [-0.4, -0.2) is 17.7 Å². The second kappa shape index (κ2) is 7.00. The summed E-state index contributed by atoms with van der Waals surface area (Å²) in [5.41, 5.74) is 0.790. The smallest absolute Gasteiger partial charge is 0.0928 e. The van der Waals surface area contributed by atoms with Crippen molar-refractivity contribution in [3.63, 3.8) is 0 Å². The largest absolute Gasteiger partial charge is 0.387 e. The van der Waals surface area contributed by atoms with Crippen molar-refractivity contribution in [1.82, 2.24) is 5.32 Å². The van der Waals surface area contributed by atoms with Crippen molar-refractivity contribution in [2.45, 2.75) is 39.3 Å². The summed E-state index contributed by atoms with van der Waals surface area (Å²) in [7, 11) is 0. The second-order valence-electron chi connectivity index (χ2n) is 4.98. The van der Waals surface area contributed by atoms with E-state index < -0.39 is 6.10 Å². The van der Waals surface area contributed by atoms with Crippen LogP contribution >= 0.6 is 11.6 Å². The van der Waals surface area contributed by atoms with Crippen LogP contribution in [0, 0.1) is 5.92 Å². The van der Waals surface area contributed by atoms with Crippen molar-refractivity contribution in [3.05, 3.63) is 34.9 Å². The van der Waals surface area contributed by atoms with Crippen molar-refractivity contribution >= 4 is 11.6 Å². The maximum absolute atomic E-state index is 10.0. The molecule has 2 N–H and O–H groups in total. The van der Waals surface area contributed by atoms with Gasteiger partial charge in [0.25, 0.3) is 0 Å². The molecule has 0 aliphatic rings. The third-order valence-electron chi connectivity index (χ3n) is 2.75. The van der Waals surface area contributed by atoms with Gasteiger partial charge in [0.15, 0.2) is 0 Å². The van der Waals surface area contributed by atoms with Gasteiger partial charge >= 0.3 is 0 Å². The van der Waals surface area contributed by atoms with Gasteiger partial charge in [-0.3, -0.25) is 0 Å². The van der Waals surface area contributed by atoms with Crippen LogP contribution < -0.4 is 5.32 Å². The second-order valence-corrected chi connectivity index (χ2v) is 5.38. The lowest BCUT2D eigenvalue weighted by atomic mass is 10.0. The molecule has 17 heavy (non-hydrogen) atoms. The fourth-order valence-corrected chi connectivity index (χ4v) is 2.22. The first kappa shape index (κ1) is 14.5. The molecule has 1 aromatic rings. The van der Waals surface area contributed by atoms with E-state index >= 15 is 0 Å². The van der Waals surface area contributed by atoms with Crippen LogP contribution in [0.3, 0.4) is 0 Å². The Morgan fingerprint density at radius 2 is 1.88 bits per heavy atom. The lowest BCUT2D eigenvalue weighted by molar-refractivity contribution is 0.169. The van der Waals surface area contributed by atoms with Crippen molar-refractivity contribution < 1.29 is 5.11 Å². The van der Waals surface area contributed by atoms with E-state index in [2.05, 4.69) is 26.1 Å². The highest BCUT2D eigenvalue weighted by Gasteiger charge is 2.12. The minimum Gasteiger partial charge on any atom is -0.387 e. The van der Waals surface area contributed by atoms with Gasteiger partial charge in [0, 0.05) is 23.2 Å². The van der Waals surface area contributed by atoms with Gasteiger partial charge in [-0.2, -0.15) is 0 Å². The molecule has 0 heterocycles. The number of benzene rings is 1. The number of rotatable bonds is 6. The summed E-state index contributed by atoms with van der Waals surface area (Å²) in [5, 5.41) is 14.0. The van der Waals surface area contributed by atoms with E-state index in [0.29, 0.717) is 23.5 Å². The predicted octanol–water partition coefficient (Wildman–Crippen LogP) is 3.40. The van der Waals surface area contributed by atoms with Crippen molar-refractivity contribution in [2.24, 2.45) is 5.92 Å². The molecule has 0 aliphatic heterocycles.